The molecule has 0 heterocycles. The predicted molar refractivity (Wildman–Crippen MR) is 107 cm³/mol. The minimum absolute atomic E-state index is 0.351. The second-order valence-electron chi connectivity index (χ2n) is 6.25. The standard InChI is InChI=1S/C24H26O2/c1-2-25-18-19-26-20-24(21-12-6-3-7-13-21,22-14-8-4-9-15-22)23-16-10-5-11-17-23/h3-17H,2,18-20H2,1H3. The molecule has 2 heteroatoms. The van der Waals surface area contributed by atoms with Crippen LogP contribution in [0.4, 0.5) is 0 Å². The summed E-state index contributed by atoms with van der Waals surface area (Å²) < 4.78 is 11.6. The highest BCUT2D eigenvalue weighted by atomic mass is 16.5. The van der Waals surface area contributed by atoms with Crippen molar-refractivity contribution in [2.24, 2.45) is 0 Å². The van der Waals surface area contributed by atoms with Crippen molar-refractivity contribution in [2.75, 3.05) is 26.4 Å². The third-order valence-corrected chi connectivity index (χ3v) is 4.69. The van der Waals surface area contributed by atoms with Crippen molar-refractivity contribution in [3.8, 4) is 0 Å². The Bertz CT molecular complexity index is 657. The molecule has 0 radical (unpaired) electrons. The molecule has 0 spiro atoms. The van der Waals surface area contributed by atoms with Gasteiger partial charge in [0.2, 0.25) is 0 Å². The van der Waals surface area contributed by atoms with Crippen molar-refractivity contribution in [1.29, 1.82) is 0 Å². The van der Waals surface area contributed by atoms with Gasteiger partial charge in [-0.25, -0.2) is 0 Å². The highest BCUT2D eigenvalue weighted by molar-refractivity contribution is 5.50. The molecule has 0 aliphatic heterocycles. The fourth-order valence-corrected chi connectivity index (χ4v) is 3.41. The topological polar surface area (TPSA) is 18.5 Å². The van der Waals surface area contributed by atoms with Gasteiger partial charge in [-0.15, -0.1) is 0 Å². The van der Waals surface area contributed by atoms with E-state index in [1.807, 2.05) is 6.92 Å². The lowest BCUT2D eigenvalue weighted by Gasteiger charge is -2.35. The Labute approximate surface area is 156 Å². The Balaban J connectivity index is 2.06. The lowest BCUT2D eigenvalue weighted by molar-refractivity contribution is 0.0411. The summed E-state index contributed by atoms with van der Waals surface area (Å²) in [7, 11) is 0. The van der Waals surface area contributed by atoms with E-state index in [4.69, 9.17) is 9.47 Å². The van der Waals surface area contributed by atoms with Crippen molar-refractivity contribution in [2.45, 2.75) is 12.3 Å². The van der Waals surface area contributed by atoms with Crippen LogP contribution < -0.4 is 0 Å². The van der Waals surface area contributed by atoms with Crippen molar-refractivity contribution in [1.82, 2.24) is 0 Å². The zero-order valence-electron chi connectivity index (χ0n) is 15.3. The van der Waals surface area contributed by atoms with Gasteiger partial charge in [-0.05, 0) is 23.6 Å². The summed E-state index contributed by atoms with van der Waals surface area (Å²) in [6.07, 6.45) is 0. The maximum absolute atomic E-state index is 6.14. The largest absolute Gasteiger partial charge is 0.379 e. The van der Waals surface area contributed by atoms with Gasteiger partial charge in [-0.2, -0.15) is 0 Å². The fraction of sp³-hybridized carbons (Fsp3) is 0.250. The van der Waals surface area contributed by atoms with Gasteiger partial charge in [0.25, 0.3) is 0 Å². The van der Waals surface area contributed by atoms with Crippen LogP contribution in [-0.2, 0) is 14.9 Å². The number of hydrogen-bond donors (Lipinski definition) is 0. The monoisotopic (exact) mass is 346 g/mol. The summed E-state index contributed by atoms with van der Waals surface area (Å²) in [5.41, 5.74) is 3.34. The van der Waals surface area contributed by atoms with Crippen molar-refractivity contribution < 1.29 is 9.47 Å². The second-order valence-corrected chi connectivity index (χ2v) is 6.25. The Morgan fingerprint density at radius 2 is 0.962 bits per heavy atom. The van der Waals surface area contributed by atoms with Crippen molar-refractivity contribution >= 4 is 0 Å². The van der Waals surface area contributed by atoms with Crippen molar-refractivity contribution in [3.05, 3.63) is 108 Å². The Kier molecular flexibility index (Phi) is 6.59. The van der Waals surface area contributed by atoms with Gasteiger partial charge >= 0.3 is 0 Å². The van der Waals surface area contributed by atoms with Crippen LogP contribution in [0.2, 0.25) is 0 Å². The van der Waals surface area contributed by atoms with Gasteiger partial charge < -0.3 is 9.47 Å². The van der Waals surface area contributed by atoms with E-state index < -0.39 is 0 Å². The Morgan fingerprint density at radius 1 is 0.577 bits per heavy atom. The van der Waals surface area contributed by atoms with Crippen LogP contribution in [0.25, 0.3) is 0 Å². The summed E-state index contributed by atoms with van der Waals surface area (Å²) in [5, 5.41) is 0. The minimum Gasteiger partial charge on any atom is -0.379 e. The number of hydrogen-bond acceptors (Lipinski definition) is 2. The highest BCUT2D eigenvalue weighted by Crippen LogP contribution is 2.39. The molecule has 3 aromatic carbocycles. The molecule has 0 N–H and O–H groups in total. The first-order chi connectivity index (χ1) is 12.9. The molecule has 0 atom stereocenters. The molecule has 0 saturated carbocycles. The van der Waals surface area contributed by atoms with Crippen LogP contribution in [0, 0.1) is 0 Å². The summed E-state index contributed by atoms with van der Waals surface area (Å²) in [6.45, 7) is 4.48. The van der Waals surface area contributed by atoms with Crippen molar-refractivity contribution in [3.63, 3.8) is 0 Å². The smallest absolute Gasteiger partial charge is 0.0701 e. The summed E-state index contributed by atoms with van der Waals surface area (Å²) >= 11 is 0. The first-order valence-corrected chi connectivity index (χ1v) is 9.20. The van der Waals surface area contributed by atoms with Gasteiger partial charge in [-0.3, -0.25) is 0 Å². The molecular weight excluding hydrogens is 320 g/mol. The van der Waals surface area contributed by atoms with E-state index in [1.54, 1.807) is 0 Å². The molecule has 3 aromatic rings. The molecule has 0 aromatic heterocycles. The predicted octanol–water partition coefficient (Wildman–Crippen LogP) is 5.07. The van der Waals surface area contributed by atoms with E-state index in [0.717, 1.165) is 0 Å². The summed E-state index contributed by atoms with van der Waals surface area (Å²) in [4.78, 5) is 0. The first-order valence-electron chi connectivity index (χ1n) is 9.20. The van der Waals surface area contributed by atoms with Crippen LogP contribution in [-0.4, -0.2) is 26.4 Å². The molecule has 0 bridgehead atoms. The zero-order valence-corrected chi connectivity index (χ0v) is 15.3. The number of benzene rings is 3. The van der Waals surface area contributed by atoms with E-state index >= 15 is 0 Å². The molecule has 0 unspecified atom stereocenters. The SMILES string of the molecule is CCOCCOCC(c1ccccc1)(c1ccccc1)c1ccccc1. The maximum Gasteiger partial charge on any atom is 0.0701 e. The first kappa shape index (κ1) is 18.4. The maximum atomic E-state index is 6.14. The van der Waals surface area contributed by atoms with Gasteiger partial charge in [0.05, 0.1) is 25.2 Å². The number of ether oxygens (including phenoxy) is 2. The molecule has 26 heavy (non-hydrogen) atoms. The molecule has 0 aliphatic carbocycles. The minimum atomic E-state index is -0.351. The van der Waals surface area contributed by atoms with Crippen LogP contribution in [0.1, 0.15) is 23.6 Å². The molecule has 2 nitrogen and oxygen atoms in total. The zero-order chi connectivity index (χ0) is 18.1. The summed E-state index contributed by atoms with van der Waals surface area (Å²) in [6, 6.07) is 31.8. The summed E-state index contributed by atoms with van der Waals surface area (Å²) in [5.74, 6) is 0. The second kappa shape index (κ2) is 9.33. The number of rotatable bonds is 9. The molecule has 3 rings (SSSR count). The third kappa shape index (κ3) is 4.04. The lowest BCUT2D eigenvalue weighted by atomic mass is 9.70. The van der Waals surface area contributed by atoms with E-state index in [2.05, 4.69) is 91.0 Å². The van der Waals surface area contributed by atoms with E-state index in [1.165, 1.54) is 16.7 Å². The lowest BCUT2D eigenvalue weighted by Crippen LogP contribution is -2.35. The molecular formula is C24H26O2. The molecule has 0 amide bonds. The normalized spacial score (nSPS) is 11.4. The van der Waals surface area contributed by atoms with E-state index in [-0.39, 0.29) is 5.41 Å². The molecule has 0 aliphatic rings. The van der Waals surface area contributed by atoms with Crippen LogP contribution in [0.3, 0.4) is 0 Å². The average Bonchev–Trinajstić information content (AvgIpc) is 2.73. The molecule has 0 saturated heterocycles. The van der Waals surface area contributed by atoms with Gasteiger partial charge in [0, 0.05) is 6.61 Å². The highest BCUT2D eigenvalue weighted by Gasteiger charge is 2.36. The van der Waals surface area contributed by atoms with E-state index in [9.17, 15) is 0 Å². The molecule has 134 valence electrons. The van der Waals surface area contributed by atoms with Crippen LogP contribution in [0.5, 0.6) is 0 Å². The van der Waals surface area contributed by atoms with Gasteiger partial charge in [0.1, 0.15) is 0 Å². The van der Waals surface area contributed by atoms with Crippen LogP contribution in [0.15, 0.2) is 91.0 Å². The fourth-order valence-electron chi connectivity index (χ4n) is 3.41. The third-order valence-electron chi connectivity index (χ3n) is 4.69. The van der Waals surface area contributed by atoms with Crippen LogP contribution >= 0.6 is 0 Å². The van der Waals surface area contributed by atoms with Gasteiger partial charge in [-0.1, -0.05) is 91.0 Å². The Morgan fingerprint density at radius 3 is 1.35 bits per heavy atom. The molecule has 0 fully saturated rings. The van der Waals surface area contributed by atoms with Gasteiger partial charge in [0.15, 0.2) is 0 Å². The Hall–Kier alpha value is -2.42. The quantitative estimate of drug-likeness (QED) is 0.398. The average molecular weight is 346 g/mol. The van der Waals surface area contributed by atoms with E-state index in [0.29, 0.717) is 26.4 Å².